The fraction of sp³-hybridized carbons (Fsp3) is 0.138. The van der Waals surface area contributed by atoms with Crippen molar-refractivity contribution >= 4 is 39.6 Å². The van der Waals surface area contributed by atoms with Gasteiger partial charge in [-0.15, -0.1) is 11.3 Å². The Morgan fingerprint density at radius 2 is 1.89 bits per heavy atom. The molecule has 6 nitrogen and oxygen atoms in total. The monoisotopic (exact) mass is 493 g/mol. The second kappa shape index (κ2) is 9.09. The molecular formula is C29H23N3O3S. The number of hydrogen-bond acceptors (Lipinski definition) is 5. The third kappa shape index (κ3) is 4.07. The molecule has 0 aliphatic carbocycles. The number of ether oxygens (including phenoxy) is 1. The summed E-state index contributed by atoms with van der Waals surface area (Å²) in [6.45, 7) is 1.64. The van der Waals surface area contributed by atoms with Gasteiger partial charge in [0.15, 0.2) is 11.9 Å². The summed E-state index contributed by atoms with van der Waals surface area (Å²) in [6.07, 6.45) is 1.80. The molecule has 2 aromatic heterocycles. The van der Waals surface area contributed by atoms with Crippen molar-refractivity contribution < 1.29 is 14.3 Å². The number of Topliss-reactive ketones (excluding diaryl/α,β-unsaturated/α-hetero) is 1. The van der Waals surface area contributed by atoms with Crippen molar-refractivity contribution in [3.05, 3.63) is 101 Å². The van der Waals surface area contributed by atoms with E-state index in [9.17, 15) is 9.59 Å². The first kappa shape index (κ1) is 22.2. The Morgan fingerprint density at radius 3 is 2.75 bits per heavy atom. The second-order valence-electron chi connectivity index (χ2n) is 8.83. The molecule has 0 bridgehead atoms. The van der Waals surface area contributed by atoms with Gasteiger partial charge in [0.25, 0.3) is 5.91 Å². The summed E-state index contributed by atoms with van der Waals surface area (Å²) in [6, 6.07) is 23.6. The molecule has 7 heteroatoms. The zero-order valence-corrected chi connectivity index (χ0v) is 20.4. The molecule has 178 valence electrons. The van der Waals surface area contributed by atoms with Crippen molar-refractivity contribution in [1.82, 2.24) is 9.97 Å². The summed E-state index contributed by atoms with van der Waals surface area (Å²) in [4.78, 5) is 36.0. The lowest BCUT2D eigenvalue weighted by molar-refractivity contribution is -0.125. The van der Waals surface area contributed by atoms with Crippen LogP contribution in [0.15, 0.2) is 84.4 Å². The number of aromatic nitrogens is 2. The Balaban J connectivity index is 1.31. The third-order valence-electron chi connectivity index (χ3n) is 6.40. The van der Waals surface area contributed by atoms with Crippen molar-refractivity contribution in [1.29, 1.82) is 0 Å². The predicted octanol–water partition coefficient (Wildman–Crippen LogP) is 5.88. The van der Waals surface area contributed by atoms with Gasteiger partial charge >= 0.3 is 0 Å². The minimum absolute atomic E-state index is 0.0683. The van der Waals surface area contributed by atoms with Gasteiger partial charge in [-0.3, -0.25) is 14.5 Å². The number of carbonyl (C=O) groups excluding carboxylic acids is 2. The number of para-hydroxylation sites is 1. The van der Waals surface area contributed by atoms with E-state index in [1.807, 2.05) is 66.0 Å². The predicted molar refractivity (Wildman–Crippen MR) is 142 cm³/mol. The first-order chi connectivity index (χ1) is 17.6. The summed E-state index contributed by atoms with van der Waals surface area (Å²) in [5.41, 5.74) is 4.96. The lowest BCUT2D eigenvalue weighted by Gasteiger charge is -2.32. The van der Waals surface area contributed by atoms with Crippen LogP contribution < -0.4 is 9.64 Å². The summed E-state index contributed by atoms with van der Waals surface area (Å²) in [5, 5.41) is 3.88. The van der Waals surface area contributed by atoms with E-state index in [0.29, 0.717) is 17.0 Å². The van der Waals surface area contributed by atoms with Gasteiger partial charge in [-0.05, 0) is 36.8 Å². The maximum Gasteiger partial charge on any atom is 0.268 e. The Kier molecular flexibility index (Phi) is 5.62. The van der Waals surface area contributed by atoms with Crippen LogP contribution in [0.2, 0.25) is 0 Å². The fourth-order valence-corrected chi connectivity index (χ4v) is 5.39. The van der Waals surface area contributed by atoms with Crippen LogP contribution in [-0.2, 0) is 11.2 Å². The lowest BCUT2D eigenvalue weighted by atomic mass is 10.1. The highest BCUT2D eigenvalue weighted by Crippen LogP contribution is 2.38. The number of aromatic amines is 1. The molecule has 1 N–H and O–H groups in total. The van der Waals surface area contributed by atoms with Gasteiger partial charge in [-0.1, -0.05) is 48.5 Å². The van der Waals surface area contributed by atoms with Crippen molar-refractivity contribution in [3.8, 4) is 17.0 Å². The SMILES string of the molecule is CC1Oc2ccc(-c3csc(Cc4ccccc4)n3)cc2N(CC(=O)c2c[nH]c3ccccc23)C1=O. The number of fused-ring (bicyclic) bond motifs is 2. The van der Waals surface area contributed by atoms with E-state index in [2.05, 4.69) is 17.1 Å². The Bertz CT molecular complexity index is 1590. The van der Waals surface area contributed by atoms with Gasteiger partial charge in [-0.25, -0.2) is 4.98 Å². The number of hydrogen-bond donors (Lipinski definition) is 1. The first-order valence-electron chi connectivity index (χ1n) is 11.8. The van der Waals surface area contributed by atoms with E-state index < -0.39 is 6.10 Å². The summed E-state index contributed by atoms with van der Waals surface area (Å²) in [7, 11) is 0. The number of nitrogens with one attached hydrogen (secondary N) is 1. The van der Waals surface area contributed by atoms with E-state index in [4.69, 9.17) is 9.72 Å². The van der Waals surface area contributed by atoms with Crippen molar-refractivity contribution in [2.24, 2.45) is 0 Å². The Labute approximate surface area is 212 Å². The Hall–Kier alpha value is -4.23. The van der Waals surface area contributed by atoms with Gasteiger partial charge in [0.1, 0.15) is 5.75 Å². The number of nitrogens with zero attached hydrogens (tertiary/aromatic N) is 2. The zero-order chi connectivity index (χ0) is 24.6. The van der Waals surface area contributed by atoms with Crippen LogP contribution in [0.4, 0.5) is 5.69 Å². The molecule has 0 saturated heterocycles. The molecule has 1 amide bonds. The number of amides is 1. The highest BCUT2D eigenvalue weighted by atomic mass is 32.1. The van der Waals surface area contributed by atoms with Gasteiger partial charge < -0.3 is 9.72 Å². The molecule has 3 heterocycles. The molecule has 1 aliphatic rings. The van der Waals surface area contributed by atoms with Gasteiger partial charge in [0.05, 0.1) is 22.9 Å². The lowest BCUT2D eigenvalue weighted by Crippen LogP contribution is -2.46. The summed E-state index contributed by atoms with van der Waals surface area (Å²) in [5.74, 6) is 0.207. The van der Waals surface area contributed by atoms with E-state index >= 15 is 0 Å². The number of carbonyl (C=O) groups is 2. The van der Waals surface area contributed by atoms with Crippen LogP contribution in [-0.4, -0.2) is 34.3 Å². The van der Waals surface area contributed by atoms with Crippen LogP contribution >= 0.6 is 11.3 Å². The molecule has 1 atom stereocenters. The average molecular weight is 494 g/mol. The maximum absolute atomic E-state index is 13.3. The molecule has 0 radical (unpaired) electrons. The van der Waals surface area contributed by atoms with Crippen molar-refractivity contribution in [3.63, 3.8) is 0 Å². The molecule has 0 fully saturated rings. The van der Waals surface area contributed by atoms with Crippen LogP contribution in [0.1, 0.15) is 27.9 Å². The van der Waals surface area contributed by atoms with E-state index in [1.165, 1.54) is 10.5 Å². The highest BCUT2D eigenvalue weighted by Gasteiger charge is 2.33. The maximum atomic E-state index is 13.3. The van der Waals surface area contributed by atoms with Gasteiger partial charge in [0.2, 0.25) is 0 Å². The number of H-pyrrole nitrogens is 1. The van der Waals surface area contributed by atoms with Crippen LogP contribution in [0.5, 0.6) is 5.75 Å². The molecule has 1 unspecified atom stereocenters. The normalized spacial score (nSPS) is 15.1. The minimum Gasteiger partial charge on any atom is -0.479 e. The van der Waals surface area contributed by atoms with Gasteiger partial charge in [-0.2, -0.15) is 0 Å². The fourth-order valence-electron chi connectivity index (χ4n) is 4.56. The van der Waals surface area contributed by atoms with E-state index in [0.717, 1.165) is 33.6 Å². The van der Waals surface area contributed by atoms with E-state index in [1.54, 1.807) is 24.5 Å². The first-order valence-corrected chi connectivity index (χ1v) is 12.6. The van der Waals surface area contributed by atoms with Crippen LogP contribution in [0, 0.1) is 0 Å². The molecule has 5 aromatic rings. The summed E-state index contributed by atoms with van der Waals surface area (Å²) >= 11 is 1.61. The number of ketones is 1. The number of thiazole rings is 1. The highest BCUT2D eigenvalue weighted by molar-refractivity contribution is 7.10. The van der Waals surface area contributed by atoms with Gasteiger partial charge in [0, 0.05) is 40.0 Å². The second-order valence-corrected chi connectivity index (χ2v) is 9.77. The van der Waals surface area contributed by atoms with Crippen LogP contribution in [0.25, 0.3) is 22.2 Å². The standard InChI is InChI=1S/C29H23N3O3S/c1-18-29(34)32(16-26(33)22-15-30-23-10-6-5-9-21(22)23)25-14-20(11-12-27(25)35-18)24-17-36-28(31-24)13-19-7-3-2-4-8-19/h2-12,14-15,17-18,30H,13,16H2,1H3. The summed E-state index contributed by atoms with van der Waals surface area (Å²) < 4.78 is 5.87. The molecule has 3 aromatic carbocycles. The third-order valence-corrected chi connectivity index (χ3v) is 7.25. The molecule has 0 saturated carbocycles. The molecule has 6 rings (SSSR count). The number of anilines is 1. The molecule has 36 heavy (non-hydrogen) atoms. The topological polar surface area (TPSA) is 75.3 Å². The minimum atomic E-state index is -0.670. The van der Waals surface area contributed by atoms with Crippen LogP contribution in [0.3, 0.4) is 0 Å². The van der Waals surface area contributed by atoms with E-state index in [-0.39, 0.29) is 18.2 Å². The largest absolute Gasteiger partial charge is 0.479 e. The quantitative estimate of drug-likeness (QED) is 0.300. The molecule has 1 aliphatic heterocycles. The number of benzene rings is 3. The van der Waals surface area contributed by atoms with Crippen molar-refractivity contribution in [2.45, 2.75) is 19.4 Å². The number of rotatable bonds is 6. The molecule has 0 spiro atoms. The average Bonchev–Trinajstić information content (AvgIpc) is 3.54. The van der Waals surface area contributed by atoms with Crippen molar-refractivity contribution in [2.75, 3.05) is 11.4 Å². The Morgan fingerprint density at radius 1 is 1.08 bits per heavy atom. The molecular weight excluding hydrogens is 470 g/mol. The zero-order valence-electron chi connectivity index (χ0n) is 19.6. The smallest absolute Gasteiger partial charge is 0.268 e.